The van der Waals surface area contributed by atoms with E-state index in [1.54, 1.807) is 30.5 Å². The number of nitrogens with zero attached hydrogens (tertiary/aromatic N) is 3. The summed E-state index contributed by atoms with van der Waals surface area (Å²) in [5.41, 5.74) is 2.67. The molecule has 1 fully saturated rings. The van der Waals surface area contributed by atoms with Crippen LogP contribution in [0.2, 0.25) is 0 Å². The summed E-state index contributed by atoms with van der Waals surface area (Å²) in [5.74, 6) is 0.723. The second kappa shape index (κ2) is 6.81. The molecule has 136 valence electrons. The molecule has 3 aromatic rings. The second-order valence-corrected chi connectivity index (χ2v) is 8.59. The van der Waals surface area contributed by atoms with Crippen LogP contribution in [-0.2, 0) is 16.6 Å². The number of fused-ring (bicyclic) bond motifs is 1. The summed E-state index contributed by atoms with van der Waals surface area (Å²) in [7, 11) is -3.58. The first kappa shape index (κ1) is 17.2. The van der Waals surface area contributed by atoms with E-state index in [1.807, 2.05) is 19.1 Å². The monoisotopic (exact) mass is 370 g/mol. The number of aryl methyl sites for hydroxylation is 1. The first-order valence-corrected chi connectivity index (χ1v) is 10.4. The molecule has 0 spiro atoms. The molecule has 1 aliphatic rings. The summed E-state index contributed by atoms with van der Waals surface area (Å²) in [4.78, 5) is 9.39. The highest BCUT2D eigenvalue weighted by atomic mass is 32.2. The van der Waals surface area contributed by atoms with Crippen LogP contribution in [0.5, 0.6) is 0 Å². The fourth-order valence-corrected chi connectivity index (χ4v) is 4.59. The van der Waals surface area contributed by atoms with Crippen molar-refractivity contribution < 1.29 is 8.42 Å². The molecule has 1 N–H and O–H groups in total. The number of rotatable bonds is 5. The highest BCUT2D eigenvalue weighted by Crippen LogP contribution is 2.33. The van der Waals surface area contributed by atoms with Crippen LogP contribution < -0.4 is 4.72 Å². The molecule has 2 aromatic heterocycles. The van der Waals surface area contributed by atoms with E-state index in [4.69, 9.17) is 0 Å². The van der Waals surface area contributed by atoms with Crippen LogP contribution in [0.1, 0.15) is 43.1 Å². The third-order valence-corrected chi connectivity index (χ3v) is 6.38. The number of pyridine rings is 1. The van der Waals surface area contributed by atoms with Gasteiger partial charge in [0.05, 0.1) is 11.4 Å². The van der Waals surface area contributed by atoms with Crippen LogP contribution in [0, 0.1) is 6.92 Å². The van der Waals surface area contributed by atoms with Crippen molar-refractivity contribution in [2.24, 2.45) is 0 Å². The molecule has 4 rings (SSSR count). The molecular weight excluding hydrogens is 348 g/mol. The number of benzene rings is 1. The summed E-state index contributed by atoms with van der Waals surface area (Å²) < 4.78 is 30.0. The molecule has 1 aromatic carbocycles. The summed E-state index contributed by atoms with van der Waals surface area (Å²) in [5, 5.41) is 0. The highest BCUT2D eigenvalue weighted by molar-refractivity contribution is 7.89. The Morgan fingerprint density at radius 3 is 2.62 bits per heavy atom. The van der Waals surface area contributed by atoms with Crippen molar-refractivity contribution >= 4 is 21.2 Å². The van der Waals surface area contributed by atoms with Crippen LogP contribution in [0.4, 0.5) is 0 Å². The van der Waals surface area contributed by atoms with Gasteiger partial charge in [0, 0.05) is 12.2 Å². The maximum absolute atomic E-state index is 12.6. The Morgan fingerprint density at radius 1 is 1.15 bits per heavy atom. The largest absolute Gasteiger partial charge is 0.308 e. The standard InChI is InChI=1S/C19H22N4O2S/c1-14-8-10-16(11-9-14)26(24,25)21-13-18-22-17-7-4-12-20-19(17)23(18)15-5-2-3-6-15/h4,7-12,15,21H,2-3,5-6,13H2,1H3. The Kier molecular flexibility index (Phi) is 4.50. The topological polar surface area (TPSA) is 76.9 Å². The molecule has 7 heteroatoms. The predicted molar refractivity (Wildman–Crippen MR) is 100 cm³/mol. The highest BCUT2D eigenvalue weighted by Gasteiger charge is 2.24. The van der Waals surface area contributed by atoms with E-state index in [2.05, 4.69) is 19.3 Å². The molecule has 2 heterocycles. The van der Waals surface area contributed by atoms with E-state index in [0.717, 1.165) is 35.4 Å². The minimum Gasteiger partial charge on any atom is -0.308 e. The zero-order valence-corrected chi connectivity index (χ0v) is 15.5. The lowest BCUT2D eigenvalue weighted by atomic mass is 10.2. The summed E-state index contributed by atoms with van der Waals surface area (Å²) >= 11 is 0. The lowest BCUT2D eigenvalue weighted by molar-refractivity contribution is 0.502. The first-order chi connectivity index (χ1) is 12.5. The number of hydrogen-bond donors (Lipinski definition) is 1. The molecular formula is C19H22N4O2S. The van der Waals surface area contributed by atoms with Gasteiger partial charge >= 0.3 is 0 Å². The minimum atomic E-state index is -3.58. The lowest BCUT2D eigenvalue weighted by Crippen LogP contribution is -2.25. The van der Waals surface area contributed by atoms with Gasteiger partial charge in [-0.25, -0.2) is 23.1 Å². The van der Waals surface area contributed by atoms with Gasteiger partial charge in [0.2, 0.25) is 10.0 Å². The van der Waals surface area contributed by atoms with Gasteiger partial charge in [0.1, 0.15) is 11.3 Å². The SMILES string of the molecule is Cc1ccc(S(=O)(=O)NCc2nc3cccnc3n2C2CCCC2)cc1. The molecule has 6 nitrogen and oxygen atoms in total. The van der Waals surface area contributed by atoms with Gasteiger partial charge in [-0.15, -0.1) is 0 Å². The Labute approximate surface area is 153 Å². The molecule has 0 atom stereocenters. The van der Waals surface area contributed by atoms with E-state index in [-0.39, 0.29) is 11.4 Å². The number of hydrogen-bond acceptors (Lipinski definition) is 4. The molecule has 0 aliphatic heterocycles. The molecule has 0 unspecified atom stereocenters. The third-order valence-electron chi connectivity index (χ3n) is 4.96. The van der Waals surface area contributed by atoms with Gasteiger partial charge in [0.15, 0.2) is 5.65 Å². The van der Waals surface area contributed by atoms with Gasteiger partial charge < -0.3 is 4.57 Å². The van der Waals surface area contributed by atoms with E-state index < -0.39 is 10.0 Å². The minimum absolute atomic E-state index is 0.156. The van der Waals surface area contributed by atoms with Crippen LogP contribution in [0.3, 0.4) is 0 Å². The van der Waals surface area contributed by atoms with Crippen molar-refractivity contribution in [1.29, 1.82) is 0 Å². The quantitative estimate of drug-likeness (QED) is 0.747. The van der Waals surface area contributed by atoms with Gasteiger partial charge in [-0.2, -0.15) is 0 Å². The fraction of sp³-hybridized carbons (Fsp3) is 0.368. The zero-order valence-electron chi connectivity index (χ0n) is 14.7. The molecule has 26 heavy (non-hydrogen) atoms. The molecule has 1 aliphatic carbocycles. The summed E-state index contributed by atoms with van der Waals surface area (Å²) in [6, 6.07) is 11.0. The van der Waals surface area contributed by atoms with Crippen molar-refractivity contribution in [1.82, 2.24) is 19.3 Å². The normalized spacial score (nSPS) is 15.7. The summed E-state index contributed by atoms with van der Waals surface area (Å²) in [6.45, 7) is 2.09. The van der Waals surface area contributed by atoms with Crippen molar-refractivity contribution in [3.8, 4) is 0 Å². The smallest absolute Gasteiger partial charge is 0.240 e. The average molecular weight is 370 g/mol. The average Bonchev–Trinajstić information content (AvgIpc) is 3.27. The maximum atomic E-state index is 12.6. The molecule has 1 saturated carbocycles. The second-order valence-electron chi connectivity index (χ2n) is 6.82. The molecule has 0 amide bonds. The molecule has 0 saturated heterocycles. The van der Waals surface area contributed by atoms with Crippen molar-refractivity contribution in [3.63, 3.8) is 0 Å². The molecule has 0 radical (unpaired) electrons. The van der Waals surface area contributed by atoms with Gasteiger partial charge in [0.25, 0.3) is 0 Å². The number of sulfonamides is 1. The Hall–Kier alpha value is -2.25. The zero-order chi connectivity index (χ0) is 18.1. The van der Waals surface area contributed by atoms with Crippen LogP contribution in [-0.4, -0.2) is 23.0 Å². The van der Waals surface area contributed by atoms with Crippen molar-refractivity contribution in [3.05, 3.63) is 54.0 Å². The fourth-order valence-electron chi connectivity index (χ4n) is 3.61. The van der Waals surface area contributed by atoms with E-state index in [9.17, 15) is 8.42 Å². The van der Waals surface area contributed by atoms with Crippen LogP contribution in [0.25, 0.3) is 11.2 Å². The maximum Gasteiger partial charge on any atom is 0.240 e. The molecule has 0 bridgehead atoms. The number of imidazole rings is 1. The number of nitrogens with one attached hydrogen (secondary N) is 1. The van der Waals surface area contributed by atoms with Gasteiger partial charge in [-0.05, 0) is 44.0 Å². The predicted octanol–water partition coefficient (Wildman–Crippen LogP) is 3.33. The van der Waals surface area contributed by atoms with Crippen LogP contribution in [0.15, 0.2) is 47.5 Å². The van der Waals surface area contributed by atoms with E-state index >= 15 is 0 Å². The van der Waals surface area contributed by atoms with Crippen molar-refractivity contribution in [2.75, 3.05) is 0 Å². The van der Waals surface area contributed by atoms with E-state index in [1.165, 1.54) is 12.8 Å². The number of aromatic nitrogens is 3. The Bertz CT molecular complexity index is 1020. The van der Waals surface area contributed by atoms with E-state index in [0.29, 0.717) is 6.04 Å². The lowest BCUT2D eigenvalue weighted by Gasteiger charge is -2.16. The third kappa shape index (κ3) is 3.24. The summed E-state index contributed by atoms with van der Waals surface area (Å²) in [6.07, 6.45) is 6.30. The first-order valence-electron chi connectivity index (χ1n) is 8.93. The van der Waals surface area contributed by atoms with Crippen LogP contribution >= 0.6 is 0 Å². The van der Waals surface area contributed by atoms with Gasteiger partial charge in [-0.3, -0.25) is 0 Å². The van der Waals surface area contributed by atoms with Crippen molar-refractivity contribution in [2.45, 2.75) is 50.1 Å². The Morgan fingerprint density at radius 2 is 1.88 bits per heavy atom. The Balaban J connectivity index is 1.64. The van der Waals surface area contributed by atoms with Gasteiger partial charge in [-0.1, -0.05) is 30.5 Å².